The molecule has 0 N–H and O–H groups in total. The minimum atomic E-state index is 1.21. The number of hydrogen-bond acceptors (Lipinski definition) is 0. The molecule has 0 saturated heterocycles. The molecule has 0 fully saturated rings. The molecule has 232 valence electrons. The lowest BCUT2D eigenvalue weighted by atomic mass is 9.83. The van der Waals surface area contributed by atoms with E-state index in [1.54, 1.807) is 0 Å². The minimum absolute atomic E-state index is 1.21. The second kappa shape index (κ2) is 11.6. The summed E-state index contributed by atoms with van der Waals surface area (Å²) in [5.74, 6) is 0. The van der Waals surface area contributed by atoms with Gasteiger partial charge >= 0.3 is 0 Å². The van der Waals surface area contributed by atoms with Gasteiger partial charge in [-0.15, -0.1) is 0 Å². The zero-order chi connectivity index (χ0) is 33.0. The van der Waals surface area contributed by atoms with Crippen LogP contribution in [0.2, 0.25) is 0 Å². The van der Waals surface area contributed by atoms with Gasteiger partial charge in [0.05, 0.1) is 0 Å². The van der Waals surface area contributed by atoms with E-state index in [1.165, 1.54) is 98.4 Å². The van der Waals surface area contributed by atoms with Gasteiger partial charge in [0.15, 0.2) is 0 Å². The van der Waals surface area contributed by atoms with Gasteiger partial charge in [-0.05, 0) is 117 Å². The van der Waals surface area contributed by atoms with Gasteiger partial charge in [0.2, 0.25) is 0 Å². The predicted molar refractivity (Wildman–Crippen MR) is 216 cm³/mol. The first-order valence-electron chi connectivity index (χ1n) is 17.3. The van der Waals surface area contributed by atoms with Crippen LogP contribution in [0, 0.1) is 0 Å². The second-order valence-electron chi connectivity index (χ2n) is 13.3. The van der Waals surface area contributed by atoms with Crippen LogP contribution in [0.4, 0.5) is 0 Å². The average molecular weight is 633 g/mol. The zero-order valence-corrected chi connectivity index (χ0v) is 27.5. The Bertz CT molecular complexity index is 2910. The van der Waals surface area contributed by atoms with Gasteiger partial charge in [-0.25, -0.2) is 0 Å². The molecule has 10 aromatic carbocycles. The van der Waals surface area contributed by atoms with E-state index >= 15 is 0 Å². The van der Waals surface area contributed by atoms with E-state index in [-0.39, 0.29) is 0 Å². The van der Waals surface area contributed by atoms with E-state index in [9.17, 15) is 0 Å². The SMILES string of the molecule is c1cc(-c2ccc(-c3c4ccccc4c(-c4ccc5ccccc5c4)c4ccc5ccccc5c34)cc2)cc(-c2ccc3ccccc3c2)c1. The molecular weight excluding hydrogens is 601 g/mol. The molecule has 0 amide bonds. The van der Waals surface area contributed by atoms with Gasteiger partial charge in [0.25, 0.3) is 0 Å². The summed E-state index contributed by atoms with van der Waals surface area (Å²) in [5.41, 5.74) is 9.93. The molecule has 0 heteroatoms. The summed E-state index contributed by atoms with van der Waals surface area (Å²) < 4.78 is 0. The Morgan fingerprint density at radius 3 is 1.36 bits per heavy atom. The van der Waals surface area contributed by atoms with E-state index in [0.717, 1.165) is 0 Å². The topological polar surface area (TPSA) is 0 Å². The lowest BCUT2D eigenvalue weighted by molar-refractivity contribution is 1.59. The van der Waals surface area contributed by atoms with Gasteiger partial charge in [0.1, 0.15) is 0 Å². The Balaban J connectivity index is 1.16. The molecule has 10 aromatic rings. The molecule has 0 spiro atoms. The highest BCUT2D eigenvalue weighted by Gasteiger charge is 2.19. The van der Waals surface area contributed by atoms with Crippen LogP contribution < -0.4 is 0 Å². The standard InChI is InChI=1S/C50H32/c1-3-13-38-31-42(26-22-33(38)10-1)41-16-9-15-40(30-41)35-20-24-37(25-21-35)49-46-19-8-7-18-45(46)48(43-27-23-34-11-2-4-14-39(34)32-43)47-29-28-36-12-5-6-17-44(36)50(47)49/h1-32H. The minimum Gasteiger partial charge on any atom is -0.0616 e. The quantitative estimate of drug-likeness (QED) is 0.134. The predicted octanol–water partition coefficient (Wildman–Crippen LogP) is 14.1. The molecule has 10 rings (SSSR count). The Morgan fingerprint density at radius 2 is 0.660 bits per heavy atom. The maximum atomic E-state index is 2.35. The molecule has 0 atom stereocenters. The molecule has 0 aromatic heterocycles. The number of hydrogen-bond donors (Lipinski definition) is 0. The van der Waals surface area contributed by atoms with Crippen LogP contribution >= 0.6 is 0 Å². The first-order chi connectivity index (χ1) is 24.8. The van der Waals surface area contributed by atoms with Gasteiger partial charge < -0.3 is 0 Å². The molecule has 0 radical (unpaired) electrons. The van der Waals surface area contributed by atoms with Crippen molar-refractivity contribution in [1.29, 1.82) is 0 Å². The summed E-state index contributed by atoms with van der Waals surface area (Å²) in [6, 6.07) is 71.4. The highest BCUT2D eigenvalue weighted by atomic mass is 14.2. The van der Waals surface area contributed by atoms with Crippen molar-refractivity contribution in [3.8, 4) is 44.5 Å². The van der Waals surface area contributed by atoms with Crippen molar-refractivity contribution in [1.82, 2.24) is 0 Å². The Kier molecular flexibility index (Phi) is 6.60. The van der Waals surface area contributed by atoms with Crippen molar-refractivity contribution in [2.24, 2.45) is 0 Å². The van der Waals surface area contributed by atoms with Crippen LogP contribution in [-0.2, 0) is 0 Å². The van der Waals surface area contributed by atoms with E-state index in [4.69, 9.17) is 0 Å². The highest BCUT2D eigenvalue weighted by molar-refractivity contribution is 6.28. The van der Waals surface area contributed by atoms with Crippen LogP contribution in [0.25, 0.3) is 98.4 Å². The largest absolute Gasteiger partial charge is 0.0616 e. The lowest BCUT2D eigenvalue weighted by Gasteiger charge is -2.20. The van der Waals surface area contributed by atoms with Crippen LogP contribution in [0.1, 0.15) is 0 Å². The number of fused-ring (bicyclic) bond motifs is 6. The van der Waals surface area contributed by atoms with E-state index in [2.05, 4.69) is 194 Å². The molecule has 0 aliphatic rings. The molecule has 0 bridgehead atoms. The number of benzene rings is 10. The van der Waals surface area contributed by atoms with Gasteiger partial charge in [0, 0.05) is 0 Å². The van der Waals surface area contributed by atoms with E-state index in [0.29, 0.717) is 0 Å². The molecule has 50 heavy (non-hydrogen) atoms. The molecule has 0 aliphatic carbocycles. The normalized spacial score (nSPS) is 11.6. The van der Waals surface area contributed by atoms with E-state index in [1.807, 2.05) is 0 Å². The highest BCUT2D eigenvalue weighted by Crippen LogP contribution is 2.46. The molecular formula is C50H32. The second-order valence-corrected chi connectivity index (χ2v) is 13.3. The summed E-state index contributed by atoms with van der Waals surface area (Å²) in [4.78, 5) is 0. The third-order valence-electron chi connectivity index (χ3n) is 10.4. The molecule has 0 nitrogen and oxygen atoms in total. The van der Waals surface area contributed by atoms with Crippen molar-refractivity contribution < 1.29 is 0 Å². The molecule has 0 unspecified atom stereocenters. The van der Waals surface area contributed by atoms with Crippen molar-refractivity contribution >= 4 is 53.9 Å². The van der Waals surface area contributed by atoms with Gasteiger partial charge in [-0.3, -0.25) is 0 Å². The maximum absolute atomic E-state index is 2.35. The summed E-state index contributed by atoms with van der Waals surface area (Å²) in [6.07, 6.45) is 0. The van der Waals surface area contributed by atoms with Crippen LogP contribution in [0.3, 0.4) is 0 Å². The van der Waals surface area contributed by atoms with Crippen molar-refractivity contribution in [2.45, 2.75) is 0 Å². The smallest absolute Gasteiger partial charge is 0.00141 e. The van der Waals surface area contributed by atoms with Crippen LogP contribution in [0.15, 0.2) is 194 Å². The van der Waals surface area contributed by atoms with Crippen LogP contribution in [0.5, 0.6) is 0 Å². The monoisotopic (exact) mass is 632 g/mol. The Hall–Kier alpha value is -6.50. The fraction of sp³-hybridized carbons (Fsp3) is 0. The lowest BCUT2D eigenvalue weighted by Crippen LogP contribution is -1.92. The summed E-state index contributed by atoms with van der Waals surface area (Å²) in [6.45, 7) is 0. The van der Waals surface area contributed by atoms with Crippen molar-refractivity contribution in [3.63, 3.8) is 0 Å². The number of rotatable bonds is 4. The summed E-state index contributed by atoms with van der Waals surface area (Å²) in [7, 11) is 0. The van der Waals surface area contributed by atoms with Crippen molar-refractivity contribution in [2.75, 3.05) is 0 Å². The van der Waals surface area contributed by atoms with Gasteiger partial charge in [-0.2, -0.15) is 0 Å². The summed E-state index contributed by atoms with van der Waals surface area (Å²) >= 11 is 0. The Labute approximate surface area is 291 Å². The fourth-order valence-corrected chi connectivity index (χ4v) is 7.98. The summed E-state index contributed by atoms with van der Waals surface area (Å²) in [5, 5.41) is 12.7. The third-order valence-corrected chi connectivity index (χ3v) is 10.4. The van der Waals surface area contributed by atoms with Gasteiger partial charge in [-0.1, -0.05) is 176 Å². The maximum Gasteiger partial charge on any atom is -0.00141 e. The first-order valence-corrected chi connectivity index (χ1v) is 17.3. The molecule has 0 aliphatic heterocycles. The molecule has 0 saturated carbocycles. The average Bonchev–Trinajstić information content (AvgIpc) is 3.19. The third kappa shape index (κ3) is 4.69. The fourth-order valence-electron chi connectivity index (χ4n) is 7.98. The van der Waals surface area contributed by atoms with E-state index < -0.39 is 0 Å². The Morgan fingerprint density at radius 1 is 0.200 bits per heavy atom. The molecule has 0 heterocycles. The van der Waals surface area contributed by atoms with Crippen LogP contribution in [-0.4, -0.2) is 0 Å². The first kappa shape index (κ1) is 28.5. The zero-order valence-electron chi connectivity index (χ0n) is 27.5. The van der Waals surface area contributed by atoms with Crippen molar-refractivity contribution in [3.05, 3.63) is 194 Å².